The SMILES string of the molecule is C[C@](C#N)(NC(=O)COC(=O)c1cnccn1)C1CC1. The Morgan fingerprint density at radius 2 is 2.30 bits per heavy atom. The molecular weight excluding hydrogens is 260 g/mol. The standard InChI is InChI=1S/C13H14N4O3/c1-13(8-14,9-2-3-9)17-11(18)7-20-12(19)10-6-15-4-5-16-10/h4-6,9H,2-3,7H2,1H3,(H,17,18)/t13-/m1/s1. The lowest BCUT2D eigenvalue weighted by Gasteiger charge is -2.22. The summed E-state index contributed by atoms with van der Waals surface area (Å²) in [7, 11) is 0. The van der Waals surface area contributed by atoms with Crippen molar-refractivity contribution < 1.29 is 14.3 Å². The number of nitrogens with one attached hydrogen (secondary N) is 1. The topological polar surface area (TPSA) is 105 Å². The Bertz CT molecular complexity index is 550. The van der Waals surface area contributed by atoms with Crippen molar-refractivity contribution >= 4 is 11.9 Å². The van der Waals surface area contributed by atoms with Gasteiger partial charge in [-0.25, -0.2) is 9.78 Å². The molecule has 0 aromatic carbocycles. The molecule has 104 valence electrons. The van der Waals surface area contributed by atoms with Gasteiger partial charge in [-0.15, -0.1) is 0 Å². The largest absolute Gasteiger partial charge is 0.451 e. The number of rotatable bonds is 5. The molecule has 0 radical (unpaired) electrons. The van der Waals surface area contributed by atoms with Crippen LogP contribution >= 0.6 is 0 Å². The van der Waals surface area contributed by atoms with Crippen LogP contribution in [0.25, 0.3) is 0 Å². The summed E-state index contributed by atoms with van der Waals surface area (Å²) in [6.07, 6.45) is 5.88. The van der Waals surface area contributed by atoms with Crippen molar-refractivity contribution in [3.63, 3.8) is 0 Å². The zero-order valence-electron chi connectivity index (χ0n) is 11.0. The minimum Gasteiger partial charge on any atom is -0.451 e. The maximum atomic E-state index is 11.7. The first kappa shape index (κ1) is 13.9. The van der Waals surface area contributed by atoms with Crippen LogP contribution in [0.5, 0.6) is 0 Å². The highest BCUT2D eigenvalue weighted by Gasteiger charge is 2.43. The molecule has 7 heteroatoms. The smallest absolute Gasteiger partial charge is 0.359 e. The van der Waals surface area contributed by atoms with Gasteiger partial charge in [0.1, 0.15) is 5.54 Å². The Balaban J connectivity index is 1.84. The van der Waals surface area contributed by atoms with E-state index < -0.39 is 24.0 Å². The fraction of sp³-hybridized carbons (Fsp3) is 0.462. The van der Waals surface area contributed by atoms with Gasteiger partial charge in [0.2, 0.25) is 0 Å². The van der Waals surface area contributed by atoms with E-state index in [1.807, 2.05) is 0 Å². The Morgan fingerprint density at radius 3 is 2.85 bits per heavy atom. The van der Waals surface area contributed by atoms with Gasteiger partial charge in [0.15, 0.2) is 12.3 Å². The van der Waals surface area contributed by atoms with Gasteiger partial charge < -0.3 is 10.1 Å². The number of carbonyl (C=O) groups is 2. The van der Waals surface area contributed by atoms with Gasteiger partial charge in [-0.05, 0) is 25.7 Å². The van der Waals surface area contributed by atoms with E-state index in [9.17, 15) is 9.59 Å². The molecular formula is C13H14N4O3. The molecule has 0 aliphatic heterocycles. The lowest BCUT2D eigenvalue weighted by molar-refractivity contribution is -0.125. The molecule has 1 aliphatic carbocycles. The molecule has 1 N–H and O–H groups in total. The Hall–Kier alpha value is -2.49. The van der Waals surface area contributed by atoms with Gasteiger partial charge in [0, 0.05) is 12.4 Å². The number of esters is 1. The minimum atomic E-state index is -0.893. The number of hydrogen-bond acceptors (Lipinski definition) is 6. The third-order valence-electron chi connectivity index (χ3n) is 3.13. The molecule has 7 nitrogen and oxygen atoms in total. The summed E-state index contributed by atoms with van der Waals surface area (Å²) in [4.78, 5) is 30.8. The van der Waals surface area contributed by atoms with E-state index in [0.29, 0.717) is 0 Å². The van der Waals surface area contributed by atoms with Crippen LogP contribution in [0.2, 0.25) is 0 Å². The van der Waals surface area contributed by atoms with E-state index >= 15 is 0 Å². The van der Waals surface area contributed by atoms with Crippen molar-refractivity contribution in [2.24, 2.45) is 5.92 Å². The average molecular weight is 274 g/mol. The van der Waals surface area contributed by atoms with Crippen LogP contribution in [0.1, 0.15) is 30.3 Å². The molecule has 0 spiro atoms. The number of hydrogen-bond donors (Lipinski definition) is 1. The second-order valence-corrected chi connectivity index (χ2v) is 4.80. The molecule has 1 aliphatic rings. The van der Waals surface area contributed by atoms with Crippen molar-refractivity contribution in [1.82, 2.24) is 15.3 Å². The quantitative estimate of drug-likeness (QED) is 0.781. The summed E-state index contributed by atoms with van der Waals surface area (Å²) in [5.41, 5.74) is -0.860. The van der Waals surface area contributed by atoms with Crippen LogP contribution in [0, 0.1) is 17.2 Å². The van der Waals surface area contributed by atoms with E-state index in [4.69, 9.17) is 10.00 Å². The van der Waals surface area contributed by atoms with Crippen molar-refractivity contribution in [3.8, 4) is 6.07 Å². The number of aromatic nitrogens is 2. The summed E-state index contributed by atoms with van der Waals surface area (Å²) in [5, 5.41) is 11.7. The van der Waals surface area contributed by atoms with E-state index in [1.165, 1.54) is 18.6 Å². The molecule has 0 saturated heterocycles. The number of nitrogens with zero attached hydrogens (tertiary/aromatic N) is 3. The second-order valence-electron chi connectivity index (χ2n) is 4.80. The molecule has 0 unspecified atom stereocenters. The minimum absolute atomic E-state index is 0.0329. The zero-order valence-corrected chi connectivity index (χ0v) is 11.0. The summed E-state index contributed by atoms with van der Waals surface area (Å²) in [6, 6.07) is 2.10. The third kappa shape index (κ3) is 3.29. The maximum Gasteiger partial charge on any atom is 0.359 e. The molecule has 1 aromatic rings. The van der Waals surface area contributed by atoms with E-state index in [-0.39, 0.29) is 11.6 Å². The van der Waals surface area contributed by atoms with Crippen LogP contribution in [0.3, 0.4) is 0 Å². The van der Waals surface area contributed by atoms with E-state index in [0.717, 1.165) is 12.8 Å². The Morgan fingerprint density at radius 1 is 1.55 bits per heavy atom. The van der Waals surface area contributed by atoms with Gasteiger partial charge in [0.05, 0.1) is 12.3 Å². The predicted octanol–water partition coefficient (Wildman–Crippen LogP) is 0.442. The van der Waals surface area contributed by atoms with Crippen molar-refractivity contribution in [2.45, 2.75) is 25.3 Å². The van der Waals surface area contributed by atoms with Gasteiger partial charge in [-0.3, -0.25) is 9.78 Å². The van der Waals surface area contributed by atoms with Gasteiger partial charge >= 0.3 is 5.97 Å². The molecule has 1 fully saturated rings. The summed E-state index contributed by atoms with van der Waals surface area (Å²) in [5.74, 6) is -1.05. The van der Waals surface area contributed by atoms with Crippen molar-refractivity contribution in [1.29, 1.82) is 5.26 Å². The molecule has 20 heavy (non-hydrogen) atoms. The predicted molar refractivity (Wildman–Crippen MR) is 67.2 cm³/mol. The zero-order chi connectivity index (χ0) is 14.6. The van der Waals surface area contributed by atoms with Gasteiger partial charge in [0.25, 0.3) is 5.91 Å². The molecule has 1 heterocycles. The molecule has 1 atom stereocenters. The highest BCUT2D eigenvalue weighted by molar-refractivity contribution is 5.89. The summed E-state index contributed by atoms with van der Waals surface area (Å²) in [6.45, 7) is 1.23. The third-order valence-corrected chi connectivity index (χ3v) is 3.13. The highest BCUT2D eigenvalue weighted by Crippen LogP contribution is 2.39. The van der Waals surface area contributed by atoms with E-state index in [2.05, 4.69) is 21.4 Å². The lowest BCUT2D eigenvalue weighted by Crippen LogP contribution is -2.48. The van der Waals surface area contributed by atoms with Gasteiger partial charge in [-0.2, -0.15) is 5.26 Å². The number of nitriles is 1. The van der Waals surface area contributed by atoms with Crippen LogP contribution in [0.4, 0.5) is 0 Å². The van der Waals surface area contributed by atoms with Crippen LogP contribution in [-0.4, -0.2) is 34.0 Å². The first-order valence-electron chi connectivity index (χ1n) is 6.20. The highest BCUT2D eigenvalue weighted by atomic mass is 16.5. The molecule has 1 aromatic heterocycles. The Labute approximate surface area is 116 Å². The monoisotopic (exact) mass is 274 g/mol. The second kappa shape index (κ2) is 5.65. The number of ether oxygens (including phenoxy) is 1. The molecule has 0 bridgehead atoms. The number of carbonyl (C=O) groups excluding carboxylic acids is 2. The Kier molecular flexibility index (Phi) is 3.94. The van der Waals surface area contributed by atoms with E-state index in [1.54, 1.807) is 6.92 Å². The fourth-order valence-electron chi connectivity index (χ4n) is 1.82. The summed E-state index contributed by atoms with van der Waals surface area (Å²) >= 11 is 0. The fourth-order valence-corrected chi connectivity index (χ4v) is 1.82. The number of amides is 1. The molecule has 1 saturated carbocycles. The molecule has 2 rings (SSSR count). The van der Waals surface area contributed by atoms with Crippen LogP contribution in [-0.2, 0) is 9.53 Å². The normalized spacial score (nSPS) is 16.6. The summed E-state index contributed by atoms with van der Waals surface area (Å²) < 4.78 is 4.82. The first-order valence-corrected chi connectivity index (χ1v) is 6.20. The van der Waals surface area contributed by atoms with Gasteiger partial charge in [-0.1, -0.05) is 0 Å². The first-order chi connectivity index (χ1) is 9.55. The average Bonchev–Trinajstić information content (AvgIpc) is 3.30. The maximum absolute atomic E-state index is 11.7. The lowest BCUT2D eigenvalue weighted by atomic mass is 9.98. The van der Waals surface area contributed by atoms with Crippen molar-refractivity contribution in [2.75, 3.05) is 6.61 Å². The molecule has 1 amide bonds. The van der Waals surface area contributed by atoms with Crippen LogP contribution in [0.15, 0.2) is 18.6 Å². The van der Waals surface area contributed by atoms with Crippen LogP contribution < -0.4 is 5.32 Å². The van der Waals surface area contributed by atoms with Crippen molar-refractivity contribution in [3.05, 3.63) is 24.3 Å².